The van der Waals surface area contributed by atoms with Gasteiger partial charge in [0.15, 0.2) is 5.17 Å². The molecule has 0 unspecified atom stereocenters. The molecule has 1 aromatic carbocycles. The number of rotatable bonds is 3. The molecule has 2 aromatic rings. The lowest BCUT2D eigenvalue weighted by Crippen LogP contribution is -2.40. The Morgan fingerprint density at radius 2 is 1.93 bits per heavy atom. The van der Waals surface area contributed by atoms with Gasteiger partial charge in [0.25, 0.3) is 5.91 Å². The van der Waals surface area contributed by atoms with E-state index >= 15 is 0 Å². The molecule has 8 heteroatoms. The molecule has 1 fully saturated rings. The predicted molar refractivity (Wildman–Crippen MR) is 106 cm³/mol. The van der Waals surface area contributed by atoms with Crippen molar-refractivity contribution < 1.29 is 18.4 Å². The molecule has 1 aromatic heterocycles. The summed E-state index contributed by atoms with van der Waals surface area (Å²) in [6.45, 7) is 1.30. The third-order valence-corrected chi connectivity index (χ3v) is 5.85. The Morgan fingerprint density at radius 1 is 1.21 bits per heavy atom. The number of thioether (sulfide) groups is 1. The van der Waals surface area contributed by atoms with Crippen LogP contribution in [0.1, 0.15) is 18.6 Å². The van der Waals surface area contributed by atoms with Crippen LogP contribution in [0.5, 0.6) is 0 Å². The van der Waals surface area contributed by atoms with Gasteiger partial charge in [0.1, 0.15) is 17.3 Å². The zero-order chi connectivity index (χ0) is 19.7. The van der Waals surface area contributed by atoms with Crippen molar-refractivity contribution in [1.82, 2.24) is 4.90 Å². The Morgan fingerprint density at radius 3 is 2.61 bits per heavy atom. The molecule has 2 amide bonds. The lowest BCUT2D eigenvalue weighted by Gasteiger charge is -2.31. The molecule has 28 heavy (non-hydrogen) atoms. The molecule has 144 valence electrons. The summed E-state index contributed by atoms with van der Waals surface area (Å²) in [7, 11) is 0. The second-order valence-electron chi connectivity index (χ2n) is 6.68. The van der Waals surface area contributed by atoms with Crippen LogP contribution < -0.4 is 5.73 Å². The van der Waals surface area contributed by atoms with Gasteiger partial charge >= 0.3 is 0 Å². The maximum atomic E-state index is 13.1. The van der Waals surface area contributed by atoms with E-state index in [1.807, 2.05) is 4.90 Å². The van der Waals surface area contributed by atoms with Crippen molar-refractivity contribution >= 4 is 34.8 Å². The summed E-state index contributed by atoms with van der Waals surface area (Å²) in [6.07, 6.45) is 3.00. The molecule has 0 radical (unpaired) electrons. The maximum Gasteiger partial charge on any atom is 0.286 e. The van der Waals surface area contributed by atoms with Crippen molar-refractivity contribution in [3.63, 3.8) is 0 Å². The van der Waals surface area contributed by atoms with Gasteiger partial charge in [-0.3, -0.25) is 9.59 Å². The first-order valence-electron chi connectivity index (χ1n) is 8.92. The fourth-order valence-corrected chi connectivity index (χ4v) is 4.16. The summed E-state index contributed by atoms with van der Waals surface area (Å²) in [5.41, 5.74) is 6.12. The summed E-state index contributed by atoms with van der Waals surface area (Å²) in [5, 5.41) is 0.643. The van der Waals surface area contributed by atoms with Gasteiger partial charge in [-0.05, 0) is 61.0 Å². The second kappa shape index (κ2) is 7.63. The lowest BCUT2D eigenvalue weighted by atomic mass is 9.97. The molecule has 0 saturated carbocycles. The molecule has 0 aliphatic carbocycles. The van der Waals surface area contributed by atoms with E-state index in [0.29, 0.717) is 47.5 Å². The van der Waals surface area contributed by atoms with Gasteiger partial charge < -0.3 is 15.1 Å². The number of amides is 2. The number of carbonyl (C=O) groups is 2. The first-order valence-corrected chi connectivity index (χ1v) is 9.74. The number of hydrogen-bond acceptors (Lipinski definition) is 5. The number of aliphatic imine (C=N–C) groups is 1. The maximum absolute atomic E-state index is 13.1. The lowest BCUT2D eigenvalue weighted by molar-refractivity contribution is -0.123. The van der Waals surface area contributed by atoms with E-state index in [9.17, 15) is 14.0 Å². The molecule has 4 rings (SSSR count). The van der Waals surface area contributed by atoms with Crippen molar-refractivity contribution in [1.29, 1.82) is 0 Å². The monoisotopic (exact) mass is 399 g/mol. The second-order valence-corrected chi connectivity index (χ2v) is 7.69. The minimum Gasteiger partial charge on any atom is -0.457 e. The number of benzene rings is 1. The summed E-state index contributed by atoms with van der Waals surface area (Å²) in [5.74, 6) is 0.122. The number of amidine groups is 1. The highest BCUT2D eigenvalue weighted by Crippen LogP contribution is 2.33. The quantitative estimate of drug-likeness (QED) is 0.801. The van der Waals surface area contributed by atoms with Gasteiger partial charge in [-0.25, -0.2) is 4.39 Å². The summed E-state index contributed by atoms with van der Waals surface area (Å²) < 4.78 is 18.8. The Labute approximate surface area is 165 Å². The average molecular weight is 399 g/mol. The molecule has 6 nitrogen and oxygen atoms in total. The zero-order valence-corrected chi connectivity index (χ0v) is 15.7. The molecular formula is C20H18FN3O3S. The Balaban J connectivity index is 1.44. The van der Waals surface area contributed by atoms with Crippen molar-refractivity contribution in [2.45, 2.75) is 12.8 Å². The fourth-order valence-electron chi connectivity index (χ4n) is 3.22. The highest BCUT2D eigenvalue weighted by Gasteiger charge is 2.30. The van der Waals surface area contributed by atoms with Crippen molar-refractivity contribution in [3.8, 4) is 11.3 Å². The van der Waals surface area contributed by atoms with Gasteiger partial charge in [-0.15, -0.1) is 0 Å². The van der Waals surface area contributed by atoms with Crippen LogP contribution in [-0.2, 0) is 9.59 Å². The van der Waals surface area contributed by atoms with Gasteiger partial charge in [0, 0.05) is 30.6 Å². The van der Waals surface area contributed by atoms with E-state index in [1.54, 1.807) is 30.3 Å². The van der Waals surface area contributed by atoms with Crippen molar-refractivity contribution in [3.05, 3.63) is 52.9 Å². The summed E-state index contributed by atoms with van der Waals surface area (Å²) in [4.78, 5) is 30.2. The molecule has 2 aliphatic rings. The number of halogens is 1. The predicted octanol–water partition coefficient (Wildman–Crippen LogP) is 3.25. The topological polar surface area (TPSA) is 88.9 Å². The van der Waals surface area contributed by atoms with Gasteiger partial charge in [-0.2, -0.15) is 4.99 Å². The molecule has 0 atom stereocenters. The molecule has 3 heterocycles. The van der Waals surface area contributed by atoms with E-state index in [0.717, 1.165) is 5.56 Å². The third kappa shape index (κ3) is 3.87. The van der Waals surface area contributed by atoms with Crippen LogP contribution in [0.3, 0.4) is 0 Å². The Kier molecular flexibility index (Phi) is 5.04. The van der Waals surface area contributed by atoms with Crippen LogP contribution in [0.4, 0.5) is 4.39 Å². The molecule has 0 bridgehead atoms. The molecule has 1 saturated heterocycles. The van der Waals surface area contributed by atoms with Gasteiger partial charge in [-0.1, -0.05) is 0 Å². The molecule has 2 aliphatic heterocycles. The van der Waals surface area contributed by atoms with Crippen molar-refractivity contribution in [2.24, 2.45) is 16.6 Å². The normalized spacial score (nSPS) is 19.3. The van der Waals surface area contributed by atoms with Crippen LogP contribution in [-0.4, -0.2) is 35.0 Å². The molecule has 2 N–H and O–H groups in total. The van der Waals surface area contributed by atoms with Crippen LogP contribution in [0, 0.1) is 11.7 Å². The van der Waals surface area contributed by atoms with E-state index in [4.69, 9.17) is 10.2 Å². The SMILES string of the molecule is NC(=O)C1CCN(C2=NC(=O)C(=Cc3ccc(-c4ccc(F)cc4)o3)S2)CC1. The number of likely N-dealkylation sites (tertiary alicyclic amines) is 1. The number of primary amides is 1. The smallest absolute Gasteiger partial charge is 0.286 e. The number of carbonyl (C=O) groups excluding carboxylic acids is 2. The van der Waals surface area contributed by atoms with Crippen LogP contribution in [0.2, 0.25) is 0 Å². The number of hydrogen-bond donors (Lipinski definition) is 1. The van der Waals surface area contributed by atoms with E-state index < -0.39 is 0 Å². The highest BCUT2D eigenvalue weighted by molar-refractivity contribution is 8.18. The highest BCUT2D eigenvalue weighted by atomic mass is 32.2. The Hall–Kier alpha value is -2.87. The van der Waals surface area contributed by atoms with E-state index in [2.05, 4.69) is 4.99 Å². The summed E-state index contributed by atoms with van der Waals surface area (Å²) >= 11 is 1.30. The Bertz CT molecular complexity index is 973. The third-order valence-electron chi connectivity index (χ3n) is 4.81. The minimum atomic E-state index is -0.310. The standard InChI is InChI=1S/C20H18FN3O3S/c21-14-3-1-12(2-4-14)16-6-5-15(27-16)11-17-19(26)23-20(28-17)24-9-7-13(8-10-24)18(22)25/h1-6,11,13H,7-10H2,(H2,22,25). The minimum absolute atomic E-state index is 0.109. The largest absolute Gasteiger partial charge is 0.457 e. The molecule has 0 spiro atoms. The van der Waals surface area contributed by atoms with E-state index in [1.165, 1.54) is 23.9 Å². The zero-order valence-electron chi connectivity index (χ0n) is 14.9. The first kappa shape index (κ1) is 18.5. The van der Waals surface area contributed by atoms with Crippen LogP contribution >= 0.6 is 11.8 Å². The number of piperidine rings is 1. The van der Waals surface area contributed by atoms with Crippen LogP contribution in [0.15, 0.2) is 50.7 Å². The average Bonchev–Trinajstić information content (AvgIpc) is 3.30. The van der Waals surface area contributed by atoms with E-state index in [-0.39, 0.29) is 23.5 Å². The molecular weight excluding hydrogens is 381 g/mol. The number of nitrogens with two attached hydrogens (primary N) is 1. The van der Waals surface area contributed by atoms with Crippen molar-refractivity contribution in [2.75, 3.05) is 13.1 Å². The fraction of sp³-hybridized carbons (Fsp3) is 0.250. The number of nitrogens with zero attached hydrogens (tertiary/aromatic N) is 2. The number of furan rings is 1. The summed E-state index contributed by atoms with van der Waals surface area (Å²) in [6, 6.07) is 9.55. The van der Waals surface area contributed by atoms with Crippen LogP contribution in [0.25, 0.3) is 17.4 Å². The van der Waals surface area contributed by atoms with Gasteiger partial charge in [0.2, 0.25) is 5.91 Å². The van der Waals surface area contributed by atoms with Gasteiger partial charge in [0.05, 0.1) is 4.91 Å². The first-order chi connectivity index (χ1) is 13.5.